The van der Waals surface area contributed by atoms with E-state index in [0.29, 0.717) is 5.69 Å². The number of para-hydroxylation sites is 1. The van der Waals surface area contributed by atoms with Gasteiger partial charge in [-0.3, -0.25) is 0 Å². The van der Waals surface area contributed by atoms with Gasteiger partial charge < -0.3 is 9.64 Å². The molecule has 98 valence electrons. The highest BCUT2D eigenvalue weighted by Gasteiger charge is 2.24. The number of hydrogen-bond acceptors (Lipinski definition) is 3. The van der Waals surface area contributed by atoms with Crippen LogP contribution >= 0.6 is 0 Å². The molecule has 0 heterocycles. The zero-order chi connectivity index (χ0) is 13.5. The van der Waals surface area contributed by atoms with Crippen molar-refractivity contribution in [2.75, 3.05) is 18.1 Å². The van der Waals surface area contributed by atoms with Crippen LogP contribution in [0.25, 0.3) is 0 Å². The Morgan fingerprint density at radius 3 is 2.28 bits per heavy atom. The van der Waals surface area contributed by atoms with Gasteiger partial charge in [0.2, 0.25) is 0 Å². The van der Waals surface area contributed by atoms with Crippen molar-refractivity contribution in [2.45, 2.75) is 13.8 Å². The summed E-state index contributed by atoms with van der Waals surface area (Å²) in [6.45, 7) is 3.57. The van der Waals surface area contributed by atoms with Crippen LogP contribution in [-0.4, -0.2) is 19.1 Å². The SMILES string of the molecule is CCOC(=O)C(=C(F)F)N(CC)c1ccccc1. The highest BCUT2D eigenvalue weighted by Crippen LogP contribution is 2.23. The van der Waals surface area contributed by atoms with Crippen molar-refractivity contribution in [3.05, 3.63) is 42.1 Å². The molecule has 1 rings (SSSR count). The van der Waals surface area contributed by atoms with Crippen molar-refractivity contribution in [3.63, 3.8) is 0 Å². The van der Waals surface area contributed by atoms with Gasteiger partial charge in [-0.1, -0.05) is 18.2 Å². The average molecular weight is 255 g/mol. The highest BCUT2D eigenvalue weighted by atomic mass is 19.3. The zero-order valence-corrected chi connectivity index (χ0v) is 10.3. The van der Waals surface area contributed by atoms with E-state index in [2.05, 4.69) is 4.74 Å². The summed E-state index contributed by atoms with van der Waals surface area (Å²) in [7, 11) is 0. The minimum Gasteiger partial charge on any atom is -0.461 e. The third kappa shape index (κ3) is 3.29. The van der Waals surface area contributed by atoms with Crippen molar-refractivity contribution in [3.8, 4) is 0 Å². The van der Waals surface area contributed by atoms with Crippen LogP contribution in [0.2, 0.25) is 0 Å². The Balaban J connectivity index is 3.12. The third-order valence-corrected chi connectivity index (χ3v) is 2.30. The second kappa shape index (κ2) is 6.74. The molecule has 0 aliphatic carbocycles. The van der Waals surface area contributed by atoms with E-state index in [1.165, 1.54) is 4.90 Å². The van der Waals surface area contributed by atoms with Crippen LogP contribution in [0, 0.1) is 0 Å². The fourth-order valence-electron chi connectivity index (χ4n) is 1.57. The van der Waals surface area contributed by atoms with Gasteiger partial charge in [-0.2, -0.15) is 8.78 Å². The maximum atomic E-state index is 12.9. The molecule has 0 atom stereocenters. The van der Waals surface area contributed by atoms with Gasteiger partial charge in [0, 0.05) is 12.2 Å². The van der Waals surface area contributed by atoms with E-state index < -0.39 is 17.7 Å². The first-order valence-electron chi connectivity index (χ1n) is 5.66. The van der Waals surface area contributed by atoms with Gasteiger partial charge in [-0.05, 0) is 26.0 Å². The molecule has 5 heteroatoms. The van der Waals surface area contributed by atoms with Crippen molar-refractivity contribution in [1.29, 1.82) is 0 Å². The Kier molecular flexibility index (Phi) is 5.30. The number of carbonyl (C=O) groups is 1. The van der Waals surface area contributed by atoms with E-state index in [9.17, 15) is 13.6 Å². The van der Waals surface area contributed by atoms with Gasteiger partial charge in [0.25, 0.3) is 0 Å². The van der Waals surface area contributed by atoms with Crippen LogP contribution in [0.3, 0.4) is 0 Å². The predicted octanol–water partition coefficient (Wildman–Crippen LogP) is 3.18. The summed E-state index contributed by atoms with van der Waals surface area (Å²) in [5, 5.41) is 0. The highest BCUT2D eigenvalue weighted by molar-refractivity contribution is 5.93. The number of esters is 1. The summed E-state index contributed by atoms with van der Waals surface area (Å²) < 4.78 is 30.5. The summed E-state index contributed by atoms with van der Waals surface area (Å²) in [4.78, 5) is 12.8. The molecule has 0 aliphatic rings. The number of hydrogen-bond donors (Lipinski definition) is 0. The van der Waals surface area contributed by atoms with E-state index in [-0.39, 0.29) is 13.2 Å². The Morgan fingerprint density at radius 2 is 1.83 bits per heavy atom. The molecule has 3 nitrogen and oxygen atoms in total. The Morgan fingerprint density at radius 1 is 1.22 bits per heavy atom. The second-order valence-electron chi connectivity index (χ2n) is 3.41. The molecule has 0 unspecified atom stereocenters. The molecular weight excluding hydrogens is 240 g/mol. The van der Waals surface area contributed by atoms with Crippen LogP contribution in [0.1, 0.15) is 13.8 Å². The van der Waals surface area contributed by atoms with Crippen molar-refractivity contribution in [2.24, 2.45) is 0 Å². The lowest BCUT2D eigenvalue weighted by molar-refractivity contribution is -0.138. The molecule has 0 bridgehead atoms. The number of rotatable bonds is 5. The lowest BCUT2D eigenvalue weighted by Gasteiger charge is -2.23. The molecule has 0 radical (unpaired) electrons. The molecule has 0 N–H and O–H groups in total. The smallest absolute Gasteiger partial charge is 0.360 e. The zero-order valence-electron chi connectivity index (χ0n) is 10.3. The molecule has 0 amide bonds. The minimum absolute atomic E-state index is 0.0575. The third-order valence-electron chi connectivity index (χ3n) is 2.30. The molecular formula is C13H15F2NO2. The molecule has 1 aromatic carbocycles. The van der Waals surface area contributed by atoms with Gasteiger partial charge in [0.1, 0.15) is 0 Å². The van der Waals surface area contributed by atoms with E-state index >= 15 is 0 Å². The Hall–Kier alpha value is -1.91. The number of nitrogens with zero attached hydrogens (tertiary/aromatic N) is 1. The molecule has 18 heavy (non-hydrogen) atoms. The van der Waals surface area contributed by atoms with Crippen molar-refractivity contribution in [1.82, 2.24) is 0 Å². The lowest BCUT2D eigenvalue weighted by Crippen LogP contribution is -2.29. The average Bonchev–Trinajstić information content (AvgIpc) is 2.36. The first-order chi connectivity index (χ1) is 8.61. The van der Waals surface area contributed by atoms with E-state index in [1.54, 1.807) is 44.2 Å². The predicted molar refractivity (Wildman–Crippen MR) is 65.3 cm³/mol. The largest absolute Gasteiger partial charge is 0.461 e. The van der Waals surface area contributed by atoms with E-state index in [1.807, 2.05) is 0 Å². The molecule has 0 fully saturated rings. The minimum atomic E-state index is -2.04. The van der Waals surface area contributed by atoms with E-state index in [4.69, 9.17) is 0 Å². The number of benzene rings is 1. The maximum absolute atomic E-state index is 12.9. The van der Waals surface area contributed by atoms with Crippen LogP contribution in [-0.2, 0) is 9.53 Å². The fourth-order valence-corrected chi connectivity index (χ4v) is 1.57. The standard InChI is InChI=1S/C13H15F2NO2/c1-3-16(10-8-6-5-7-9-10)11(12(14)15)13(17)18-4-2/h5-9H,3-4H2,1-2H3. The van der Waals surface area contributed by atoms with Crippen LogP contribution in [0.15, 0.2) is 42.1 Å². The fraction of sp³-hybridized carbons (Fsp3) is 0.308. The summed E-state index contributed by atoms with van der Waals surface area (Å²) in [6, 6.07) is 8.53. The van der Waals surface area contributed by atoms with Crippen LogP contribution in [0.4, 0.5) is 14.5 Å². The second-order valence-corrected chi connectivity index (χ2v) is 3.41. The van der Waals surface area contributed by atoms with Gasteiger partial charge >= 0.3 is 12.0 Å². The normalized spacial score (nSPS) is 9.78. The monoisotopic (exact) mass is 255 g/mol. The number of carbonyl (C=O) groups excluding carboxylic acids is 1. The summed E-state index contributed by atoms with van der Waals surface area (Å²) in [5.74, 6) is -1.01. The molecule has 1 aromatic rings. The quantitative estimate of drug-likeness (QED) is 0.597. The molecule has 0 aliphatic heterocycles. The lowest BCUT2D eigenvalue weighted by atomic mass is 10.2. The number of likely N-dealkylation sites (N-methyl/N-ethyl adjacent to an activating group) is 1. The first kappa shape index (κ1) is 14.2. The number of ether oxygens (including phenoxy) is 1. The maximum Gasteiger partial charge on any atom is 0.360 e. The number of halogens is 2. The first-order valence-corrected chi connectivity index (χ1v) is 5.66. The topological polar surface area (TPSA) is 29.5 Å². The van der Waals surface area contributed by atoms with Gasteiger partial charge in [0.15, 0.2) is 5.70 Å². The van der Waals surface area contributed by atoms with E-state index in [0.717, 1.165) is 0 Å². The van der Waals surface area contributed by atoms with Crippen LogP contribution < -0.4 is 4.90 Å². The van der Waals surface area contributed by atoms with Gasteiger partial charge in [-0.15, -0.1) is 0 Å². The summed E-state index contributed by atoms with van der Waals surface area (Å²) in [5.41, 5.74) is -0.179. The van der Waals surface area contributed by atoms with Gasteiger partial charge in [-0.25, -0.2) is 4.79 Å². The Bertz CT molecular complexity index is 428. The molecule has 0 saturated carbocycles. The summed E-state index contributed by atoms with van der Waals surface area (Å²) in [6.07, 6.45) is -2.04. The Labute approximate surface area is 105 Å². The van der Waals surface area contributed by atoms with Gasteiger partial charge in [0.05, 0.1) is 6.61 Å². The summed E-state index contributed by atoms with van der Waals surface area (Å²) >= 11 is 0. The number of anilines is 1. The van der Waals surface area contributed by atoms with Crippen molar-refractivity contribution >= 4 is 11.7 Å². The van der Waals surface area contributed by atoms with Crippen LogP contribution in [0.5, 0.6) is 0 Å². The molecule has 0 saturated heterocycles. The molecule has 0 aromatic heterocycles. The molecule has 0 spiro atoms. The van der Waals surface area contributed by atoms with Crippen molar-refractivity contribution < 1.29 is 18.3 Å².